The van der Waals surface area contributed by atoms with Gasteiger partial charge in [-0.15, -0.1) is 11.8 Å². The molecule has 18 heavy (non-hydrogen) atoms. The van der Waals surface area contributed by atoms with Gasteiger partial charge >= 0.3 is 0 Å². The van der Waals surface area contributed by atoms with E-state index in [1.165, 1.54) is 0 Å². The predicted octanol–water partition coefficient (Wildman–Crippen LogP) is 2.15. The zero-order valence-electron chi connectivity index (χ0n) is 11.1. The Kier molecular flexibility index (Phi) is 5.69. The van der Waals surface area contributed by atoms with E-state index in [0.29, 0.717) is 11.0 Å². The first kappa shape index (κ1) is 15.1. The molecule has 3 nitrogen and oxygen atoms in total. The van der Waals surface area contributed by atoms with Crippen LogP contribution < -0.4 is 5.32 Å². The molecule has 1 rings (SSSR count). The number of benzene rings is 1. The van der Waals surface area contributed by atoms with E-state index in [1.54, 1.807) is 11.8 Å². The molecule has 1 unspecified atom stereocenters. The van der Waals surface area contributed by atoms with Gasteiger partial charge in [-0.25, -0.2) is 0 Å². The minimum atomic E-state index is -0.712. The van der Waals surface area contributed by atoms with Crippen LogP contribution in [-0.2, 0) is 10.3 Å². The van der Waals surface area contributed by atoms with Crippen LogP contribution in [0.25, 0.3) is 0 Å². The van der Waals surface area contributed by atoms with E-state index in [4.69, 9.17) is 0 Å². The van der Waals surface area contributed by atoms with Crippen molar-refractivity contribution in [3.05, 3.63) is 35.9 Å². The highest BCUT2D eigenvalue weighted by Gasteiger charge is 2.27. The molecule has 4 heteroatoms. The fraction of sp³-hybridized carbons (Fsp3) is 0.500. The van der Waals surface area contributed by atoms with Gasteiger partial charge in [0.1, 0.15) is 0 Å². The summed E-state index contributed by atoms with van der Waals surface area (Å²) in [6, 6.07) is 9.53. The number of carbonyl (C=O) groups excluding carboxylic acids is 1. The van der Waals surface area contributed by atoms with E-state index in [-0.39, 0.29) is 12.5 Å². The Labute approximate surface area is 113 Å². The lowest BCUT2D eigenvalue weighted by Crippen LogP contribution is -2.47. The predicted molar refractivity (Wildman–Crippen MR) is 76.6 cm³/mol. The molecule has 0 aliphatic carbocycles. The number of aliphatic hydroxyl groups is 1. The average molecular weight is 267 g/mol. The number of hydrogen-bond donors (Lipinski definition) is 2. The van der Waals surface area contributed by atoms with Crippen LogP contribution in [0.5, 0.6) is 0 Å². The number of aliphatic hydroxyl groups excluding tert-OH is 1. The zero-order valence-corrected chi connectivity index (χ0v) is 12.0. The molecule has 0 aliphatic heterocycles. The van der Waals surface area contributed by atoms with E-state index in [0.717, 1.165) is 5.56 Å². The summed E-state index contributed by atoms with van der Waals surface area (Å²) in [4.78, 5) is 11.9. The second-order valence-electron chi connectivity index (χ2n) is 4.76. The Morgan fingerprint density at radius 1 is 1.39 bits per heavy atom. The number of carbonyl (C=O) groups is 1. The summed E-state index contributed by atoms with van der Waals surface area (Å²) in [6.45, 7) is 5.83. The van der Waals surface area contributed by atoms with Crippen LogP contribution in [0.15, 0.2) is 30.3 Å². The van der Waals surface area contributed by atoms with Gasteiger partial charge in [0.05, 0.1) is 17.9 Å². The molecule has 0 saturated heterocycles. The Hall–Kier alpha value is -1.00. The molecular formula is C14H21NO2S. The monoisotopic (exact) mass is 267 g/mol. The second kappa shape index (κ2) is 6.81. The molecule has 1 atom stereocenters. The Morgan fingerprint density at radius 3 is 2.50 bits per heavy atom. The van der Waals surface area contributed by atoms with Crippen LogP contribution in [0.1, 0.15) is 26.3 Å². The van der Waals surface area contributed by atoms with Crippen LogP contribution in [0.2, 0.25) is 0 Å². The van der Waals surface area contributed by atoms with E-state index in [9.17, 15) is 9.90 Å². The molecule has 0 spiro atoms. The third-order valence-electron chi connectivity index (χ3n) is 2.69. The topological polar surface area (TPSA) is 49.3 Å². The van der Waals surface area contributed by atoms with Crippen molar-refractivity contribution in [1.82, 2.24) is 5.32 Å². The zero-order chi connectivity index (χ0) is 13.6. The van der Waals surface area contributed by atoms with Crippen molar-refractivity contribution in [3.8, 4) is 0 Å². The fourth-order valence-electron chi connectivity index (χ4n) is 1.60. The largest absolute Gasteiger partial charge is 0.394 e. The lowest BCUT2D eigenvalue weighted by atomic mass is 9.93. The third-order valence-corrected chi connectivity index (χ3v) is 3.79. The van der Waals surface area contributed by atoms with Gasteiger partial charge in [0, 0.05) is 0 Å². The maximum Gasteiger partial charge on any atom is 0.230 e. The van der Waals surface area contributed by atoms with Gasteiger partial charge < -0.3 is 10.4 Å². The van der Waals surface area contributed by atoms with Crippen LogP contribution in [0.3, 0.4) is 0 Å². The molecule has 100 valence electrons. The van der Waals surface area contributed by atoms with Crippen LogP contribution in [-0.4, -0.2) is 28.6 Å². The first-order valence-corrected chi connectivity index (χ1v) is 7.12. The van der Waals surface area contributed by atoms with Gasteiger partial charge in [-0.2, -0.15) is 0 Å². The molecule has 0 heterocycles. The molecule has 0 aromatic heterocycles. The highest BCUT2D eigenvalue weighted by molar-refractivity contribution is 8.00. The van der Waals surface area contributed by atoms with Crippen molar-refractivity contribution in [2.24, 2.45) is 0 Å². The maximum absolute atomic E-state index is 11.9. The molecule has 1 aromatic rings. The highest BCUT2D eigenvalue weighted by atomic mass is 32.2. The minimum absolute atomic E-state index is 0.0471. The fourth-order valence-corrected chi connectivity index (χ4v) is 2.15. The van der Waals surface area contributed by atoms with E-state index < -0.39 is 5.54 Å². The number of hydrogen-bond acceptors (Lipinski definition) is 3. The number of rotatable bonds is 6. The Bertz CT molecular complexity index is 381. The number of thioether (sulfide) groups is 1. The summed E-state index contributed by atoms with van der Waals surface area (Å²) in [5, 5.41) is 12.9. The van der Waals surface area contributed by atoms with Crippen molar-refractivity contribution in [2.45, 2.75) is 31.6 Å². The number of amides is 1. The second-order valence-corrected chi connectivity index (χ2v) is 6.33. The molecule has 0 saturated carbocycles. The lowest BCUT2D eigenvalue weighted by molar-refractivity contribution is -0.121. The third kappa shape index (κ3) is 4.35. The molecule has 1 amide bonds. The summed E-state index contributed by atoms with van der Waals surface area (Å²) < 4.78 is 0. The first-order valence-electron chi connectivity index (χ1n) is 6.07. The lowest BCUT2D eigenvalue weighted by Gasteiger charge is -2.29. The van der Waals surface area contributed by atoms with Crippen LogP contribution in [0.4, 0.5) is 0 Å². The van der Waals surface area contributed by atoms with Gasteiger partial charge in [-0.05, 0) is 17.7 Å². The highest BCUT2D eigenvalue weighted by Crippen LogP contribution is 2.20. The average Bonchev–Trinajstić information content (AvgIpc) is 2.37. The summed E-state index contributed by atoms with van der Waals surface area (Å²) in [5.41, 5.74) is 0.200. The van der Waals surface area contributed by atoms with Crippen LogP contribution >= 0.6 is 11.8 Å². The summed E-state index contributed by atoms with van der Waals surface area (Å²) in [7, 11) is 0. The Morgan fingerprint density at radius 2 is 2.00 bits per heavy atom. The standard InChI is InChI=1S/C14H21NO2S/c1-11(2)18-9-13(17)15-14(3,10-16)12-7-5-4-6-8-12/h4-8,11,16H,9-10H2,1-3H3,(H,15,17). The summed E-state index contributed by atoms with van der Waals surface area (Å²) >= 11 is 1.59. The SMILES string of the molecule is CC(C)SCC(=O)NC(C)(CO)c1ccccc1. The van der Waals surface area contributed by atoms with Crippen LogP contribution in [0, 0.1) is 0 Å². The normalized spacial score (nSPS) is 14.3. The summed E-state index contributed by atoms with van der Waals surface area (Å²) in [6.07, 6.45) is 0. The van der Waals surface area contributed by atoms with E-state index in [1.807, 2.05) is 37.3 Å². The first-order chi connectivity index (χ1) is 8.48. The minimum Gasteiger partial charge on any atom is -0.394 e. The van der Waals surface area contributed by atoms with E-state index in [2.05, 4.69) is 19.2 Å². The van der Waals surface area contributed by atoms with Gasteiger partial charge in [0.2, 0.25) is 5.91 Å². The molecule has 0 aliphatic rings. The van der Waals surface area contributed by atoms with Crippen molar-refractivity contribution in [3.63, 3.8) is 0 Å². The van der Waals surface area contributed by atoms with Gasteiger partial charge in [0.25, 0.3) is 0 Å². The van der Waals surface area contributed by atoms with Crippen molar-refractivity contribution in [2.75, 3.05) is 12.4 Å². The molecule has 0 radical (unpaired) electrons. The molecular weight excluding hydrogens is 246 g/mol. The van der Waals surface area contributed by atoms with E-state index >= 15 is 0 Å². The molecule has 2 N–H and O–H groups in total. The molecule has 0 bridgehead atoms. The summed E-state index contributed by atoms with van der Waals surface area (Å²) in [5.74, 6) is 0.370. The quantitative estimate of drug-likeness (QED) is 0.830. The molecule has 1 aromatic carbocycles. The van der Waals surface area contributed by atoms with Crippen molar-refractivity contribution in [1.29, 1.82) is 0 Å². The van der Waals surface area contributed by atoms with Crippen molar-refractivity contribution >= 4 is 17.7 Å². The molecule has 0 fully saturated rings. The van der Waals surface area contributed by atoms with Gasteiger partial charge in [0.15, 0.2) is 0 Å². The maximum atomic E-state index is 11.9. The Balaban J connectivity index is 2.69. The smallest absolute Gasteiger partial charge is 0.230 e. The van der Waals surface area contributed by atoms with Crippen molar-refractivity contribution < 1.29 is 9.90 Å². The van der Waals surface area contributed by atoms with Gasteiger partial charge in [-0.3, -0.25) is 4.79 Å². The number of nitrogens with one attached hydrogen (secondary N) is 1. The van der Waals surface area contributed by atoms with Gasteiger partial charge in [-0.1, -0.05) is 44.2 Å².